The van der Waals surface area contributed by atoms with Gasteiger partial charge in [-0.3, -0.25) is 9.36 Å². The summed E-state index contributed by atoms with van der Waals surface area (Å²) in [7, 11) is 3.10. The molecule has 3 aromatic rings. The van der Waals surface area contributed by atoms with Gasteiger partial charge in [-0.25, -0.2) is 14.2 Å². The summed E-state index contributed by atoms with van der Waals surface area (Å²) in [4.78, 5) is 31.4. The van der Waals surface area contributed by atoms with Gasteiger partial charge in [0.1, 0.15) is 17.3 Å². The van der Waals surface area contributed by atoms with Crippen molar-refractivity contribution in [3.63, 3.8) is 0 Å². The number of benzene rings is 2. The third-order valence-corrected chi connectivity index (χ3v) is 6.41. The second kappa shape index (κ2) is 9.64. The molecule has 0 fully saturated rings. The lowest BCUT2D eigenvalue weighted by Crippen LogP contribution is -2.39. The highest BCUT2D eigenvalue weighted by Crippen LogP contribution is 2.31. The minimum atomic E-state index is -0.796. The Labute approximate surface area is 199 Å². The molecule has 0 spiro atoms. The fourth-order valence-electron chi connectivity index (χ4n) is 3.83. The van der Waals surface area contributed by atoms with Gasteiger partial charge in [-0.15, -0.1) is 0 Å². The van der Waals surface area contributed by atoms with Gasteiger partial charge in [-0.05, 0) is 49.8 Å². The summed E-state index contributed by atoms with van der Waals surface area (Å²) in [6, 6.07) is 10.2. The summed E-state index contributed by atoms with van der Waals surface area (Å²) < 4.78 is 31.5. The minimum Gasteiger partial charge on any atom is -0.497 e. The Kier molecular flexibility index (Phi) is 6.65. The number of halogens is 1. The van der Waals surface area contributed by atoms with Crippen molar-refractivity contribution in [3.05, 3.63) is 90.4 Å². The summed E-state index contributed by atoms with van der Waals surface area (Å²) in [5.74, 6) is 0.190. The first-order valence-corrected chi connectivity index (χ1v) is 11.4. The molecule has 1 atom stereocenters. The maximum atomic E-state index is 13.6. The third kappa shape index (κ3) is 4.26. The van der Waals surface area contributed by atoms with Gasteiger partial charge in [0.25, 0.3) is 5.56 Å². The van der Waals surface area contributed by atoms with Crippen LogP contribution in [0.25, 0.3) is 6.08 Å². The third-order valence-electron chi connectivity index (χ3n) is 5.43. The molecule has 1 aromatic heterocycles. The molecule has 7 nitrogen and oxygen atoms in total. The van der Waals surface area contributed by atoms with Crippen LogP contribution in [0.2, 0.25) is 0 Å². The summed E-state index contributed by atoms with van der Waals surface area (Å²) >= 11 is 1.20. The Hall–Kier alpha value is -3.72. The maximum absolute atomic E-state index is 13.6. The quantitative estimate of drug-likeness (QED) is 0.505. The van der Waals surface area contributed by atoms with Crippen molar-refractivity contribution < 1.29 is 23.4 Å². The number of ether oxygens (including phenoxy) is 3. The predicted octanol–water partition coefficient (Wildman–Crippen LogP) is 2.95. The topological polar surface area (TPSA) is 79.1 Å². The van der Waals surface area contributed by atoms with E-state index in [1.807, 2.05) is 0 Å². The van der Waals surface area contributed by atoms with E-state index in [2.05, 4.69) is 4.99 Å². The highest BCUT2D eigenvalue weighted by atomic mass is 32.1. The van der Waals surface area contributed by atoms with E-state index in [1.54, 1.807) is 57.4 Å². The van der Waals surface area contributed by atoms with E-state index in [4.69, 9.17) is 14.2 Å². The molecule has 0 bridgehead atoms. The number of hydrogen-bond donors (Lipinski definition) is 0. The normalized spacial score (nSPS) is 15.6. The number of carbonyl (C=O) groups is 1. The van der Waals surface area contributed by atoms with E-state index >= 15 is 0 Å². The van der Waals surface area contributed by atoms with E-state index in [0.717, 1.165) is 0 Å². The van der Waals surface area contributed by atoms with Crippen LogP contribution in [0.4, 0.5) is 4.39 Å². The molecule has 0 saturated heterocycles. The number of fused-ring (bicyclic) bond motifs is 1. The minimum absolute atomic E-state index is 0.174. The van der Waals surface area contributed by atoms with E-state index < -0.39 is 17.8 Å². The average Bonchev–Trinajstić information content (AvgIpc) is 3.13. The molecule has 0 aliphatic carbocycles. The molecule has 9 heteroatoms. The van der Waals surface area contributed by atoms with E-state index in [1.165, 1.54) is 35.1 Å². The molecule has 0 radical (unpaired) electrons. The van der Waals surface area contributed by atoms with Gasteiger partial charge < -0.3 is 14.2 Å². The van der Waals surface area contributed by atoms with Crippen LogP contribution < -0.4 is 24.4 Å². The van der Waals surface area contributed by atoms with Gasteiger partial charge >= 0.3 is 5.97 Å². The Bertz CT molecular complexity index is 1450. The van der Waals surface area contributed by atoms with E-state index in [0.29, 0.717) is 37.7 Å². The molecule has 0 unspecified atom stereocenters. The van der Waals surface area contributed by atoms with E-state index in [-0.39, 0.29) is 17.7 Å². The highest BCUT2D eigenvalue weighted by Gasteiger charge is 2.33. The first kappa shape index (κ1) is 23.4. The van der Waals surface area contributed by atoms with Crippen molar-refractivity contribution in [1.82, 2.24) is 4.57 Å². The van der Waals surface area contributed by atoms with Crippen LogP contribution in [0, 0.1) is 5.82 Å². The Morgan fingerprint density at radius 3 is 2.56 bits per heavy atom. The molecule has 0 amide bonds. The van der Waals surface area contributed by atoms with Crippen LogP contribution in [0.5, 0.6) is 11.5 Å². The van der Waals surface area contributed by atoms with Crippen molar-refractivity contribution in [3.8, 4) is 11.5 Å². The van der Waals surface area contributed by atoms with Crippen molar-refractivity contribution >= 4 is 23.4 Å². The lowest BCUT2D eigenvalue weighted by molar-refractivity contribution is -0.139. The Morgan fingerprint density at radius 1 is 1.18 bits per heavy atom. The van der Waals surface area contributed by atoms with Crippen molar-refractivity contribution in [2.75, 3.05) is 20.8 Å². The standard InChI is InChI=1S/C25H23FN2O5S/c1-5-33-24(30)21-14(2)27-25-28(22(21)15-6-9-17(26)10-7-15)23(29)20(34-25)12-16-8-11-18(31-3)13-19(16)32-4/h6-13,22H,5H2,1-4H3/b20-12+/t22-/m1/s1. The zero-order chi connectivity index (χ0) is 24.4. The number of thiazole rings is 1. The summed E-state index contributed by atoms with van der Waals surface area (Å²) in [5.41, 5.74) is 1.63. The predicted molar refractivity (Wildman–Crippen MR) is 126 cm³/mol. The van der Waals surface area contributed by atoms with Crippen LogP contribution in [0.3, 0.4) is 0 Å². The number of rotatable bonds is 6. The molecule has 4 rings (SSSR count). The average molecular weight is 483 g/mol. The molecule has 34 heavy (non-hydrogen) atoms. The smallest absolute Gasteiger partial charge is 0.338 e. The van der Waals surface area contributed by atoms with Crippen molar-refractivity contribution in [2.24, 2.45) is 4.99 Å². The fraction of sp³-hybridized carbons (Fsp3) is 0.240. The van der Waals surface area contributed by atoms with Crippen LogP contribution in [0.15, 0.2) is 63.5 Å². The maximum Gasteiger partial charge on any atom is 0.338 e. The SMILES string of the molecule is CCOC(=O)C1=C(C)N=c2s/c(=C/c3ccc(OC)cc3OC)c(=O)n2[C@@H]1c1ccc(F)cc1. The molecule has 2 aromatic carbocycles. The monoisotopic (exact) mass is 482 g/mol. The van der Waals surface area contributed by atoms with Gasteiger partial charge in [-0.1, -0.05) is 23.5 Å². The number of allylic oxidation sites excluding steroid dienone is 1. The number of nitrogens with zero attached hydrogens (tertiary/aromatic N) is 2. The molecule has 176 valence electrons. The van der Waals surface area contributed by atoms with Gasteiger partial charge in [0.05, 0.1) is 42.7 Å². The molecule has 2 heterocycles. The van der Waals surface area contributed by atoms with E-state index in [9.17, 15) is 14.0 Å². The molecule has 0 N–H and O–H groups in total. The first-order chi connectivity index (χ1) is 16.4. The number of carbonyl (C=O) groups excluding carboxylic acids is 1. The van der Waals surface area contributed by atoms with Gasteiger partial charge in [0.2, 0.25) is 0 Å². The van der Waals surface area contributed by atoms with Crippen LogP contribution in [0.1, 0.15) is 31.0 Å². The molecule has 1 aliphatic rings. The molecule has 1 aliphatic heterocycles. The number of methoxy groups -OCH3 is 2. The lowest BCUT2D eigenvalue weighted by atomic mass is 9.96. The summed E-state index contributed by atoms with van der Waals surface area (Å²) in [6.07, 6.45) is 1.72. The molecular weight excluding hydrogens is 459 g/mol. The van der Waals surface area contributed by atoms with Crippen molar-refractivity contribution in [1.29, 1.82) is 0 Å². The van der Waals surface area contributed by atoms with Gasteiger partial charge in [-0.2, -0.15) is 0 Å². The summed E-state index contributed by atoms with van der Waals surface area (Å²) in [6.45, 7) is 3.58. The lowest BCUT2D eigenvalue weighted by Gasteiger charge is -2.24. The van der Waals surface area contributed by atoms with Gasteiger partial charge in [0.15, 0.2) is 4.80 Å². The van der Waals surface area contributed by atoms with Crippen LogP contribution in [-0.4, -0.2) is 31.4 Å². The largest absolute Gasteiger partial charge is 0.497 e. The Morgan fingerprint density at radius 2 is 1.91 bits per heavy atom. The first-order valence-electron chi connectivity index (χ1n) is 10.5. The Balaban J connectivity index is 1.94. The second-order valence-corrected chi connectivity index (χ2v) is 8.47. The van der Waals surface area contributed by atoms with Crippen LogP contribution in [-0.2, 0) is 9.53 Å². The zero-order valence-electron chi connectivity index (χ0n) is 19.1. The van der Waals surface area contributed by atoms with Gasteiger partial charge in [0, 0.05) is 11.6 Å². The fourth-order valence-corrected chi connectivity index (χ4v) is 4.87. The summed E-state index contributed by atoms with van der Waals surface area (Å²) in [5, 5.41) is 0. The zero-order valence-corrected chi connectivity index (χ0v) is 19.9. The number of esters is 1. The highest BCUT2D eigenvalue weighted by molar-refractivity contribution is 7.07. The number of aromatic nitrogens is 1. The second-order valence-electron chi connectivity index (χ2n) is 7.46. The number of hydrogen-bond acceptors (Lipinski definition) is 7. The molecule has 0 saturated carbocycles. The molecular formula is C25H23FN2O5S. The van der Waals surface area contributed by atoms with Crippen LogP contribution >= 0.6 is 11.3 Å². The van der Waals surface area contributed by atoms with Crippen molar-refractivity contribution in [2.45, 2.75) is 19.9 Å².